The highest BCUT2D eigenvalue weighted by molar-refractivity contribution is 5.85. The van der Waals surface area contributed by atoms with Gasteiger partial charge >= 0.3 is 0 Å². The Morgan fingerprint density at radius 2 is 1.50 bits per heavy atom. The van der Waals surface area contributed by atoms with Crippen molar-refractivity contribution in [3.63, 3.8) is 0 Å². The van der Waals surface area contributed by atoms with Crippen molar-refractivity contribution in [2.75, 3.05) is 40.4 Å². The normalized spacial score (nSPS) is 19.9. The zero-order chi connectivity index (χ0) is 15.4. The number of ether oxygens (including phenoxy) is 2. The summed E-state index contributed by atoms with van der Waals surface area (Å²) in [4.78, 5) is 2.65. The Balaban J connectivity index is 0.00000144. The van der Waals surface area contributed by atoms with Crippen molar-refractivity contribution in [2.24, 2.45) is 5.92 Å². The number of rotatable bonds is 5. The molecule has 0 radical (unpaired) electrons. The van der Waals surface area contributed by atoms with Crippen LogP contribution in [0.15, 0.2) is 18.2 Å². The van der Waals surface area contributed by atoms with Gasteiger partial charge in [-0.15, -0.1) is 24.8 Å². The van der Waals surface area contributed by atoms with Gasteiger partial charge in [0.05, 0.1) is 14.2 Å². The van der Waals surface area contributed by atoms with Crippen LogP contribution < -0.4 is 14.8 Å². The second kappa shape index (κ2) is 10.3. The average Bonchev–Trinajstić information content (AvgIpc) is 3.10. The monoisotopic (exact) mass is 376 g/mol. The molecule has 6 heteroatoms. The van der Waals surface area contributed by atoms with Gasteiger partial charge in [-0.2, -0.15) is 0 Å². The third-order valence-electron chi connectivity index (χ3n) is 5.11. The van der Waals surface area contributed by atoms with E-state index in [1.165, 1.54) is 31.2 Å². The minimum Gasteiger partial charge on any atom is -0.497 e. The number of benzene rings is 1. The van der Waals surface area contributed by atoms with Crippen molar-refractivity contribution in [1.82, 2.24) is 10.2 Å². The van der Waals surface area contributed by atoms with Crippen LogP contribution in [-0.4, -0.2) is 45.3 Å². The highest BCUT2D eigenvalue weighted by Crippen LogP contribution is 2.41. The van der Waals surface area contributed by atoms with E-state index in [4.69, 9.17) is 9.47 Å². The van der Waals surface area contributed by atoms with Gasteiger partial charge in [0.1, 0.15) is 11.5 Å². The van der Waals surface area contributed by atoms with Crippen molar-refractivity contribution >= 4 is 24.8 Å². The smallest absolute Gasteiger partial charge is 0.122 e. The Hall–Kier alpha value is -0.680. The fraction of sp³-hybridized carbons (Fsp3) is 0.667. The molecule has 1 heterocycles. The second-order valence-corrected chi connectivity index (χ2v) is 6.42. The Bertz CT molecular complexity index is 468. The molecule has 138 valence electrons. The average molecular weight is 377 g/mol. The lowest BCUT2D eigenvalue weighted by Gasteiger charge is -2.39. The van der Waals surface area contributed by atoms with Gasteiger partial charge in [0.25, 0.3) is 0 Å². The molecule has 4 nitrogen and oxygen atoms in total. The maximum Gasteiger partial charge on any atom is 0.122 e. The molecule has 1 aliphatic heterocycles. The minimum atomic E-state index is 0. The number of piperazine rings is 1. The number of hydrogen-bond donors (Lipinski definition) is 1. The van der Waals surface area contributed by atoms with Crippen molar-refractivity contribution in [1.29, 1.82) is 0 Å². The lowest BCUT2D eigenvalue weighted by atomic mass is 9.89. The molecule has 1 aliphatic carbocycles. The number of nitrogens with one attached hydrogen (secondary N) is 1. The first-order valence-electron chi connectivity index (χ1n) is 8.49. The lowest BCUT2D eigenvalue weighted by molar-refractivity contribution is 0.125. The quantitative estimate of drug-likeness (QED) is 0.849. The van der Waals surface area contributed by atoms with Crippen molar-refractivity contribution < 1.29 is 9.47 Å². The summed E-state index contributed by atoms with van der Waals surface area (Å²) in [6.07, 6.45) is 5.42. The van der Waals surface area contributed by atoms with Crippen molar-refractivity contribution in [3.8, 4) is 11.5 Å². The lowest BCUT2D eigenvalue weighted by Crippen LogP contribution is -2.46. The molecule has 1 atom stereocenters. The van der Waals surface area contributed by atoms with Gasteiger partial charge in [-0.05, 0) is 36.5 Å². The molecule has 1 aromatic rings. The summed E-state index contributed by atoms with van der Waals surface area (Å²) >= 11 is 0. The van der Waals surface area contributed by atoms with Crippen molar-refractivity contribution in [3.05, 3.63) is 23.8 Å². The van der Waals surface area contributed by atoms with E-state index >= 15 is 0 Å². The summed E-state index contributed by atoms with van der Waals surface area (Å²) in [7, 11) is 3.46. The molecule has 3 rings (SSSR count). The van der Waals surface area contributed by atoms with Crippen LogP contribution >= 0.6 is 24.8 Å². The maximum absolute atomic E-state index is 5.49. The molecule has 0 unspecified atom stereocenters. The number of hydrogen-bond acceptors (Lipinski definition) is 4. The van der Waals surface area contributed by atoms with Gasteiger partial charge in [0.2, 0.25) is 0 Å². The van der Waals surface area contributed by atoms with E-state index in [1.54, 1.807) is 14.2 Å². The summed E-state index contributed by atoms with van der Waals surface area (Å²) in [6.45, 7) is 4.43. The van der Waals surface area contributed by atoms with Crippen LogP contribution in [0.2, 0.25) is 0 Å². The second-order valence-electron chi connectivity index (χ2n) is 6.42. The summed E-state index contributed by atoms with van der Waals surface area (Å²) in [6, 6.07) is 6.86. The van der Waals surface area contributed by atoms with E-state index in [0.29, 0.717) is 6.04 Å². The van der Waals surface area contributed by atoms with Crippen LogP contribution in [0.1, 0.15) is 37.3 Å². The highest BCUT2D eigenvalue weighted by atomic mass is 35.5. The zero-order valence-electron chi connectivity index (χ0n) is 14.6. The van der Waals surface area contributed by atoms with Gasteiger partial charge in [-0.3, -0.25) is 4.90 Å². The van der Waals surface area contributed by atoms with E-state index in [9.17, 15) is 0 Å². The molecule has 1 aromatic carbocycles. The predicted octanol–water partition coefficient (Wildman–Crippen LogP) is 3.68. The van der Waals surface area contributed by atoms with Crippen molar-refractivity contribution in [2.45, 2.75) is 31.7 Å². The van der Waals surface area contributed by atoms with Crippen LogP contribution in [-0.2, 0) is 0 Å². The molecule has 1 N–H and O–H groups in total. The summed E-state index contributed by atoms with van der Waals surface area (Å²) in [5.74, 6) is 2.55. The molecule has 2 aliphatic rings. The van der Waals surface area contributed by atoms with Gasteiger partial charge in [-0.1, -0.05) is 12.8 Å². The molecule has 0 bridgehead atoms. The van der Waals surface area contributed by atoms with E-state index < -0.39 is 0 Å². The van der Waals surface area contributed by atoms with E-state index in [1.807, 2.05) is 6.07 Å². The predicted molar refractivity (Wildman–Crippen MR) is 103 cm³/mol. The molecular weight excluding hydrogens is 347 g/mol. The fourth-order valence-corrected chi connectivity index (χ4v) is 4.01. The molecule has 0 aromatic heterocycles. The molecular formula is C18H30Cl2N2O2. The van der Waals surface area contributed by atoms with Gasteiger partial charge in [0.15, 0.2) is 0 Å². The topological polar surface area (TPSA) is 33.7 Å². The van der Waals surface area contributed by atoms with Crippen LogP contribution in [0.4, 0.5) is 0 Å². The van der Waals surface area contributed by atoms with Crippen LogP contribution in [0.3, 0.4) is 0 Å². The largest absolute Gasteiger partial charge is 0.497 e. The van der Waals surface area contributed by atoms with Gasteiger partial charge < -0.3 is 14.8 Å². The number of methoxy groups -OCH3 is 2. The van der Waals surface area contributed by atoms with E-state index in [-0.39, 0.29) is 24.8 Å². The maximum atomic E-state index is 5.49. The van der Waals surface area contributed by atoms with E-state index in [0.717, 1.165) is 43.6 Å². The van der Waals surface area contributed by atoms with Gasteiger partial charge in [0, 0.05) is 38.3 Å². The SMILES string of the molecule is COc1cc(OC)cc([C@@H](C2CCCC2)N2CCNCC2)c1.Cl.Cl. The van der Waals surface area contributed by atoms with Crippen LogP contribution in [0.5, 0.6) is 11.5 Å². The third kappa shape index (κ3) is 4.92. The number of halogens is 2. The minimum absolute atomic E-state index is 0. The highest BCUT2D eigenvalue weighted by Gasteiger charge is 2.32. The Morgan fingerprint density at radius 3 is 2.00 bits per heavy atom. The number of nitrogens with zero attached hydrogens (tertiary/aromatic N) is 1. The van der Waals surface area contributed by atoms with Gasteiger partial charge in [-0.25, -0.2) is 0 Å². The summed E-state index contributed by atoms with van der Waals surface area (Å²) < 4.78 is 11.0. The first-order valence-corrected chi connectivity index (χ1v) is 8.49. The first kappa shape index (κ1) is 21.4. The third-order valence-corrected chi connectivity index (χ3v) is 5.11. The Kier molecular flexibility index (Phi) is 9.21. The molecule has 2 fully saturated rings. The summed E-state index contributed by atoms with van der Waals surface area (Å²) in [5, 5.41) is 3.47. The van der Waals surface area contributed by atoms with E-state index in [2.05, 4.69) is 22.3 Å². The Morgan fingerprint density at radius 1 is 0.958 bits per heavy atom. The summed E-state index contributed by atoms with van der Waals surface area (Å²) in [5.41, 5.74) is 1.35. The standard InChI is InChI=1S/C18H28N2O2.2ClH/c1-21-16-11-15(12-17(13-16)22-2)18(14-5-3-4-6-14)20-9-7-19-8-10-20;;/h11-14,18-19H,3-10H2,1-2H3;2*1H/t18-;;/m1../s1. The molecule has 0 amide bonds. The van der Waals surface area contributed by atoms with Crippen LogP contribution in [0.25, 0.3) is 0 Å². The fourth-order valence-electron chi connectivity index (χ4n) is 4.01. The molecule has 0 spiro atoms. The molecule has 24 heavy (non-hydrogen) atoms. The molecule has 1 saturated heterocycles. The van der Waals surface area contributed by atoms with Crippen LogP contribution in [0, 0.1) is 5.92 Å². The zero-order valence-corrected chi connectivity index (χ0v) is 16.3. The molecule has 1 saturated carbocycles. The first-order chi connectivity index (χ1) is 10.8. The Labute approximate surface area is 158 Å².